The third kappa shape index (κ3) is 3.41. The minimum Gasteiger partial charge on any atom is -0.334 e. The molecular formula is C8H11NO2. The Morgan fingerprint density at radius 1 is 1.45 bits per heavy atom. The van der Waals surface area contributed by atoms with Gasteiger partial charge in [0.15, 0.2) is 0 Å². The molecule has 0 spiro atoms. The van der Waals surface area contributed by atoms with Gasteiger partial charge >= 0.3 is 0 Å². The molecule has 0 bridgehead atoms. The van der Waals surface area contributed by atoms with Crippen LogP contribution in [0.15, 0.2) is 0 Å². The van der Waals surface area contributed by atoms with Crippen LogP contribution in [0.4, 0.5) is 0 Å². The smallest absolute Gasteiger partial charge is 0.288 e. The quantitative estimate of drug-likeness (QED) is 0.452. The van der Waals surface area contributed by atoms with E-state index < -0.39 is 17.2 Å². The molecule has 11 heavy (non-hydrogen) atoms. The standard InChI is InChI=1S/C8H11NO2/c1-5-8(3,4)9-7(11)6(2)10/h1H,2-4H3,(H,9,11). The van der Waals surface area contributed by atoms with E-state index >= 15 is 0 Å². The fraction of sp³-hybridized carbons (Fsp3) is 0.500. The summed E-state index contributed by atoms with van der Waals surface area (Å²) in [4.78, 5) is 21.2. The fourth-order valence-corrected chi connectivity index (χ4v) is 0.408. The molecule has 0 saturated carbocycles. The molecule has 0 radical (unpaired) electrons. The Labute approximate surface area is 66.2 Å². The minimum absolute atomic E-state index is 0.534. The SMILES string of the molecule is C#CC(C)(C)NC(=O)C(C)=O. The molecule has 0 rings (SSSR count). The van der Waals surface area contributed by atoms with E-state index in [1.165, 1.54) is 6.92 Å². The average Bonchev–Trinajstić information content (AvgIpc) is 1.87. The highest BCUT2D eigenvalue weighted by Gasteiger charge is 2.18. The van der Waals surface area contributed by atoms with E-state index in [0.717, 1.165) is 0 Å². The van der Waals surface area contributed by atoms with Crippen molar-refractivity contribution < 1.29 is 9.59 Å². The Kier molecular flexibility index (Phi) is 2.82. The van der Waals surface area contributed by atoms with E-state index in [2.05, 4.69) is 11.2 Å². The van der Waals surface area contributed by atoms with Crippen molar-refractivity contribution in [3.8, 4) is 12.3 Å². The molecule has 0 aromatic carbocycles. The van der Waals surface area contributed by atoms with Gasteiger partial charge in [-0.3, -0.25) is 9.59 Å². The van der Waals surface area contributed by atoms with Gasteiger partial charge in [-0.2, -0.15) is 0 Å². The van der Waals surface area contributed by atoms with E-state index in [9.17, 15) is 9.59 Å². The van der Waals surface area contributed by atoms with Crippen molar-refractivity contribution >= 4 is 11.7 Å². The van der Waals surface area contributed by atoms with Gasteiger partial charge in [-0.05, 0) is 13.8 Å². The zero-order valence-electron chi connectivity index (χ0n) is 6.89. The van der Waals surface area contributed by atoms with Gasteiger partial charge in [0.05, 0.1) is 5.54 Å². The number of carbonyl (C=O) groups excluding carboxylic acids is 2. The number of terminal acetylenes is 1. The van der Waals surface area contributed by atoms with Crippen LogP contribution in [0.25, 0.3) is 0 Å². The number of hydrogen-bond acceptors (Lipinski definition) is 2. The number of carbonyl (C=O) groups is 2. The van der Waals surface area contributed by atoms with E-state index in [4.69, 9.17) is 6.42 Å². The molecule has 0 aliphatic heterocycles. The maximum Gasteiger partial charge on any atom is 0.288 e. The number of ketones is 1. The Balaban J connectivity index is 4.19. The molecular weight excluding hydrogens is 142 g/mol. The van der Waals surface area contributed by atoms with Crippen LogP contribution in [0.2, 0.25) is 0 Å². The Morgan fingerprint density at radius 2 is 1.91 bits per heavy atom. The van der Waals surface area contributed by atoms with Crippen LogP contribution in [-0.2, 0) is 9.59 Å². The molecule has 1 N–H and O–H groups in total. The third-order valence-corrected chi connectivity index (χ3v) is 1.11. The summed E-state index contributed by atoms with van der Waals surface area (Å²) in [6.45, 7) is 4.49. The predicted molar refractivity (Wildman–Crippen MR) is 41.7 cm³/mol. The number of rotatable bonds is 2. The van der Waals surface area contributed by atoms with E-state index in [-0.39, 0.29) is 0 Å². The second kappa shape index (κ2) is 3.20. The lowest BCUT2D eigenvalue weighted by Crippen LogP contribution is -2.44. The van der Waals surface area contributed by atoms with Gasteiger partial charge in [-0.1, -0.05) is 5.92 Å². The van der Waals surface area contributed by atoms with Gasteiger partial charge in [0.2, 0.25) is 5.78 Å². The monoisotopic (exact) mass is 153 g/mol. The number of Topliss-reactive ketones (excluding diaryl/α,β-unsaturated/α-hetero) is 1. The van der Waals surface area contributed by atoms with E-state index in [0.29, 0.717) is 0 Å². The molecule has 0 saturated heterocycles. The lowest BCUT2D eigenvalue weighted by atomic mass is 10.1. The Morgan fingerprint density at radius 3 is 2.18 bits per heavy atom. The fourth-order valence-electron chi connectivity index (χ4n) is 0.408. The summed E-state index contributed by atoms with van der Waals surface area (Å²) >= 11 is 0. The molecule has 0 unspecified atom stereocenters. The lowest BCUT2D eigenvalue weighted by molar-refractivity contribution is -0.137. The third-order valence-electron chi connectivity index (χ3n) is 1.11. The van der Waals surface area contributed by atoms with Crippen LogP contribution in [0.1, 0.15) is 20.8 Å². The first kappa shape index (κ1) is 9.70. The summed E-state index contributed by atoms with van der Waals surface area (Å²) in [5, 5.41) is 2.38. The van der Waals surface area contributed by atoms with Crippen molar-refractivity contribution in [1.82, 2.24) is 5.32 Å². The Hall–Kier alpha value is -1.30. The largest absolute Gasteiger partial charge is 0.334 e. The highest BCUT2D eigenvalue weighted by atomic mass is 16.2. The van der Waals surface area contributed by atoms with Crippen LogP contribution in [0.5, 0.6) is 0 Å². The van der Waals surface area contributed by atoms with Crippen molar-refractivity contribution in [2.45, 2.75) is 26.3 Å². The number of nitrogens with one attached hydrogen (secondary N) is 1. The second-order valence-corrected chi connectivity index (χ2v) is 2.78. The molecule has 0 heterocycles. The summed E-state index contributed by atoms with van der Waals surface area (Å²) in [7, 11) is 0. The lowest BCUT2D eigenvalue weighted by Gasteiger charge is -2.17. The molecule has 0 aliphatic rings. The summed E-state index contributed by atoms with van der Waals surface area (Å²) in [6, 6.07) is 0. The number of hydrogen-bond donors (Lipinski definition) is 1. The molecule has 0 aromatic rings. The molecule has 3 heteroatoms. The van der Waals surface area contributed by atoms with Crippen molar-refractivity contribution in [2.24, 2.45) is 0 Å². The van der Waals surface area contributed by atoms with Crippen LogP contribution in [-0.4, -0.2) is 17.2 Å². The van der Waals surface area contributed by atoms with Crippen LogP contribution in [0.3, 0.4) is 0 Å². The number of amides is 1. The average molecular weight is 153 g/mol. The van der Waals surface area contributed by atoms with Gasteiger partial charge in [0.1, 0.15) is 0 Å². The molecule has 3 nitrogen and oxygen atoms in total. The topological polar surface area (TPSA) is 46.2 Å². The predicted octanol–water partition coefficient (Wildman–Crippen LogP) is 0.103. The van der Waals surface area contributed by atoms with Crippen molar-refractivity contribution in [1.29, 1.82) is 0 Å². The van der Waals surface area contributed by atoms with Gasteiger partial charge in [0, 0.05) is 6.92 Å². The first-order valence-electron chi connectivity index (χ1n) is 3.20. The molecule has 0 fully saturated rings. The first-order valence-corrected chi connectivity index (χ1v) is 3.20. The van der Waals surface area contributed by atoms with Crippen LogP contribution >= 0.6 is 0 Å². The summed E-state index contributed by atoms with van der Waals surface area (Å²) in [5.74, 6) is 1.16. The highest BCUT2D eigenvalue weighted by molar-refractivity contribution is 6.35. The normalized spacial score (nSPS) is 10.0. The first-order chi connectivity index (χ1) is 4.89. The van der Waals surface area contributed by atoms with Gasteiger partial charge in [-0.25, -0.2) is 0 Å². The molecule has 0 atom stereocenters. The van der Waals surface area contributed by atoms with Crippen molar-refractivity contribution in [3.63, 3.8) is 0 Å². The second-order valence-electron chi connectivity index (χ2n) is 2.78. The summed E-state index contributed by atoms with van der Waals surface area (Å²) < 4.78 is 0. The van der Waals surface area contributed by atoms with Gasteiger partial charge in [-0.15, -0.1) is 6.42 Å². The minimum atomic E-state index is -0.747. The van der Waals surface area contributed by atoms with Crippen LogP contribution < -0.4 is 5.32 Å². The molecule has 1 amide bonds. The summed E-state index contributed by atoms with van der Waals surface area (Å²) in [5.41, 5.74) is -0.747. The summed E-state index contributed by atoms with van der Waals surface area (Å²) in [6.07, 6.45) is 5.08. The van der Waals surface area contributed by atoms with Gasteiger partial charge < -0.3 is 5.32 Å². The van der Waals surface area contributed by atoms with Gasteiger partial charge in [0.25, 0.3) is 5.91 Å². The van der Waals surface area contributed by atoms with E-state index in [1.54, 1.807) is 13.8 Å². The molecule has 0 aromatic heterocycles. The van der Waals surface area contributed by atoms with Crippen LogP contribution in [0, 0.1) is 12.3 Å². The molecule has 60 valence electrons. The molecule has 0 aliphatic carbocycles. The maximum atomic E-state index is 10.8. The maximum absolute atomic E-state index is 10.8. The zero-order valence-corrected chi connectivity index (χ0v) is 6.89. The highest BCUT2D eigenvalue weighted by Crippen LogP contribution is 1.97. The van der Waals surface area contributed by atoms with Crippen molar-refractivity contribution in [2.75, 3.05) is 0 Å². The Bertz CT molecular complexity index is 223. The zero-order chi connectivity index (χ0) is 9.07. The van der Waals surface area contributed by atoms with Crippen molar-refractivity contribution in [3.05, 3.63) is 0 Å². The van der Waals surface area contributed by atoms with E-state index in [1.807, 2.05) is 0 Å².